The number of nitrogens with zero attached hydrogens (tertiary/aromatic N) is 1. The molecule has 0 aliphatic carbocycles. The van der Waals surface area contributed by atoms with E-state index in [1.54, 1.807) is 6.92 Å². The van der Waals surface area contributed by atoms with Gasteiger partial charge in [0.05, 0.1) is 17.1 Å². The number of benzene rings is 1. The van der Waals surface area contributed by atoms with Crippen molar-refractivity contribution >= 4 is 11.7 Å². The lowest BCUT2D eigenvalue weighted by Gasteiger charge is -2.11. The largest absolute Gasteiger partial charge is 0.462 e. The molecule has 0 fully saturated rings. The maximum Gasteiger partial charge on any atom is 0.338 e. The molecule has 1 aromatic rings. The first kappa shape index (κ1) is 15.1. The molecule has 0 aromatic heterocycles. The van der Waals surface area contributed by atoms with Crippen LogP contribution >= 0.6 is 0 Å². The van der Waals surface area contributed by atoms with Crippen molar-refractivity contribution in [3.63, 3.8) is 0 Å². The van der Waals surface area contributed by atoms with E-state index in [2.05, 4.69) is 0 Å². The summed E-state index contributed by atoms with van der Waals surface area (Å²) in [6.45, 7) is 2.21. The van der Waals surface area contributed by atoms with Crippen molar-refractivity contribution in [3.8, 4) is 0 Å². The van der Waals surface area contributed by atoms with Gasteiger partial charge < -0.3 is 16.2 Å². The average Bonchev–Trinajstić information content (AvgIpc) is 2.38. The van der Waals surface area contributed by atoms with E-state index in [0.29, 0.717) is 18.5 Å². The van der Waals surface area contributed by atoms with Crippen molar-refractivity contribution in [3.05, 3.63) is 39.4 Å². The van der Waals surface area contributed by atoms with Gasteiger partial charge in [-0.05, 0) is 32.0 Å². The normalized spacial score (nSPS) is 11.9. The zero-order chi connectivity index (χ0) is 14.4. The number of nitrogens with two attached hydrogens (primary N) is 2. The third-order valence-corrected chi connectivity index (χ3v) is 2.62. The van der Waals surface area contributed by atoms with E-state index >= 15 is 0 Å². The number of hydrogen-bond acceptors (Lipinski definition) is 6. The highest BCUT2D eigenvalue weighted by Gasteiger charge is 2.21. The molecule has 0 spiro atoms. The average molecular weight is 267 g/mol. The third kappa shape index (κ3) is 3.73. The quantitative estimate of drug-likeness (QED) is 0.452. The molecule has 104 valence electrons. The van der Waals surface area contributed by atoms with Crippen LogP contribution < -0.4 is 11.5 Å². The summed E-state index contributed by atoms with van der Waals surface area (Å²) < 4.78 is 4.80. The lowest BCUT2D eigenvalue weighted by atomic mass is 10.0. The number of ether oxygens (including phenoxy) is 1. The van der Waals surface area contributed by atoms with Gasteiger partial charge in [0.2, 0.25) is 0 Å². The van der Waals surface area contributed by atoms with Crippen molar-refractivity contribution in [1.82, 2.24) is 0 Å². The Morgan fingerprint density at radius 1 is 1.53 bits per heavy atom. The van der Waals surface area contributed by atoms with Crippen molar-refractivity contribution in [2.75, 3.05) is 13.2 Å². The second-order valence-corrected chi connectivity index (χ2v) is 3.94. The topological polar surface area (TPSA) is 121 Å². The van der Waals surface area contributed by atoms with E-state index in [0.717, 1.165) is 0 Å². The summed E-state index contributed by atoms with van der Waals surface area (Å²) in [7, 11) is 0. The van der Waals surface area contributed by atoms with Gasteiger partial charge in [-0.15, -0.1) is 0 Å². The van der Waals surface area contributed by atoms with E-state index in [1.165, 1.54) is 18.2 Å². The highest BCUT2D eigenvalue weighted by Crippen LogP contribution is 2.27. The summed E-state index contributed by atoms with van der Waals surface area (Å²) in [6.07, 6.45) is 0.430. The van der Waals surface area contributed by atoms with Crippen LogP contribution in [0.1, 0.15) is 35.3 Å². The van der Waals surface area contributed by atoms with Gasteiger partial charge in [-0.25, -0.2) is 4.79 Å². The van der Waals surface area contributed by atoms with Crippen LogP contribution in [0, 0.1) is 10.1 Å². The third-order valence-electron chi connectivity index (χ3n) is 2.62. The Balaban J connectivity index is 3.14. The van der Waals surface area contributed by atoms with Crippen LogP contribution in [-0.4, -0.2) is 24.0 Å². The SMILES string of the molecule is CCOC(=O)c1ccc(C(N)CCN)c([N+](=O)[O-])c1. The molecule has 0 saturated carbocycles. The molecule has 4 N–H and O–H groups in total. The molecule has 0 heterocycles. The van der Waals surface area contributed by atoms with Crippen molar-refractivity contribution in [1.29, 1.82) is 0 Å². The standard InChI is InChI=1S/C12H17N3O4/c1-2-19-12(16)8-3-4-9(10(14)5-6-13)11(7-8)15(17)18/h3-4,7,10H,2,5-6,13-14H2,1H3. The van der Waals surface area contributed by atoms with Gasteiger partial charge in [0, 0.05) is 17.7 Å². The predicted molar refractivity (Wildman–Crippen MR) is 69.7 cm³/mol. The minimum Gasteiger partial charge on any atom is -0.462 e. The van der Waals surface area contributed by atoms with Gasteiger partial charge in [0.25, 0.3) is 5.69 Å². The van der Waals surface area contributed by atoms with Crippen molar-refractivity contribution in [2.24, 2.45) is 11.5 Å². The molecule has 1 unspecified atom stereocenters. The summed E-state index contributed by atoms with van der Waals surface area (Å²) in [6, 6.07) is 3.60. The molecule has 0 radical (unpaired) electrons. The Labute approximate surface area is 110 Å². The smallest absolute Gasteiger partial charge is 0.338 e. The molecule has 1 rings (SSSR count). The van der Waals surface area contributed by atoms with Gasteiger partial charge in [0.1, 0.15) is 0 Å². The minimum absolute atomic E-state index is 0.136. The summed E-state index contributed by atoms with van der Waals surface area (Å²) >= 11 is 0. The molecular formula is C12H17N3O4. The molecule has 0 amide bonds. The summed E-state index contributed by atoms with van der Waals surface area (Å²) in [5.74, 6) is -0.593. The number of esters is 1. The van der Waals surface area contributed by atoms with Crippen LogP contribution in [0.2, 0.25) is 0 Å². The summed E-state index contributed by atoms with van der Waals surface area (Å²) in [4.78, 5) is 22.0. The molecule has 19 heavy (non-hydrogen) atoms. The molecule has 7 nitrogen and oxygen atoms in total. The van der Waals surface area contributed by atoms with E-state index in [1.807, 2.05) is 0 Å². The van der Waals surface area contributed by atoms with Gasteiger partial charge in [-0.2, -0.15) is 0 Å². The lowest BCUT2D eigenvalue weighted by molar-refractivity contribution is -0.385. The van der Waals surface area contributed by atoms with Crippen LogP contribution in [0.15, 0.2) is 18.2 Å². The van der Waals surface area contributed by atoms with E-state index < -0.39 is 16.9 Å². The maximum atomic E-state index is 11.5. The fraction of sp³-hybridized carbons (Fsp3) is 0.417. The maximum absolute atomic E-state index is 11.5. The Morgan fingerprint density at radius 2 is 2.21 bits per heavy atom. The highest BCUT2D eigenvalue weighted by atomic mass is 16.6. The summed E-state index contributed by atoms with van der Waals surface area (Å²) in [5.41, 5.74) is 11.5. The van der Waals surface area contributed by atoms with Crippen LogP contribution in [0.3, 0.4) is 0 Å². The van der Waals surface area contributed by atoms with Gasteiger partial charge in [0.15, 0.2) is 0 Å². The number of rotatable bonds is 6. The first-order valence-electron chi connectivity index (χ1n) is 5.92. The van der Waals surface area contributed by atoms with Crippen LogP contribution in [0.4, 0.5) is 5.69 Å². The lowest BCUT2D eigenvalue weighted by Crippen LogP contribution is -2.17. The van der Waals surface area contributed by atoms with Gasteiger partial charge in [-0.3, -0.25) is 10.1 Å². The predicted octanol–water partition coefficient (Wildman–Crippen LogP) is 1.12. The Kier molecular flexibility index (Phi) is 5.40. The Morgan fingerprint density at radius 3 is 2.74 bits per heavy atom. The molecular weight excluding hydrogens is 250 g/mol. The Bertz CT molecular complexity index is 476. The molecule has 0 aliphatic heterocycles. The number of nitro groups is 1. The van der Waals surface area contributed by atoms with Crippen LogP contribution in [0.5, 0.6) is 0 Å². The zero-order valence-electron chi connectivity index (χ0n) is 10.7. The number of carbonyl (C=O) groups is 1. The molecule has 7 heteroatoms. The fourth-order valence-electron chi connectivity index (χ4n) is 1.69. The molecule has 1 atom stereocenters. The van der Waals surface area contributed by atoms with Crippen LogP contribution in [-0.2, 0) is 4.74 Å². The second-order valence-electron chi connectivity index (χ2n) is 3.94. The number of hydrogen-bond donors (Lipinski definition) is 2. The zero-order valence-corrected chi connectivity index (χ0v) is 10.7. The highest BCUT2D eigenvalue weighted by molar-refractivity contribution is 5.90. The Hall–Kier alpha value is -1.99. The first-order valence-corrected chi connectivity index (χ1v) is 5.92. The monoisotopic (exact) mass is 267 g/mol. The number of carbonyl (C=O) groups excluding carboxylic acids is 1. The van der Waals surface area contributed by atoms with Crippen LogP contribution in [0.25, 0.3) is 0 Å². The fourth-order valence-corrected chi connectivity index (χ4v) is 1.69. The van der Waals surface area contributed by atoms with Gasteiger partial charge >= 0.3 is 5.97 Å². The minimum atomic E-state index is -0.593. The molecule has 0 aliphatic rings. The second kappa shape index (κ2) is 6.81. The molecule has 0 saturated heterocycles. The van der Waals surface area contributed by atoms with E-state index in [-0.39, 0.29) is 17.9 Å². The first-order chi connectivity index (χ1) is 9.01. The van der Waals surface area contributed by atoms with E-state index in [9.17, 15) is 14.9 Å². The molecule has 1 aromatic carbocycles. The van der Waals surface area contributed by atoms with Gasteiger partial charge in [-0.1, -0.05) is 0 Å². The summed E-state index contributed by atoms with van der Waals surface area (Å²) in [5, 5.41) is 11.0. The number of nitro benzene ring substituents is 1. The van der Waals surface area contributed by atoms with Crippen molar-refractivity contribution in [2.45, 2.75) is 19.4 Å². The van der Waals surface area contributed by atoms with E-state index in [4.69, 9.17) is 16.2 Å². The molecule has 0 bridgehead atoms. The van der Waals surface area contributed by atoms with Crippen molar-refractivity contribution < 1.29 is 14.5 Å².